The molecule has 4 rings (SSSR count). The van der Waals surface area contributed by atoms with Crippen molar-refractivity contribution >= 4 is 33.1 Å². The Labute approximate surface area is 180 Å². The molecular formula is C21H21N5O4S. The first-order valence-electron chi connectivity index (χ1n) is 9.64. The highest BCUT2D eigenvalue weighted by molar-refractivity contribution is 7.92. The lowest BCUT2D eigenvalue weighted by molar-refractivity contribution is 0.102. The number of pyridine rings is 2. The van der Waals surface area contributed by atoms with Gasteiger partial charge >= 0.3 is 0 Å². The quantitative estimate of drug-likeness (QED) is 0.606. The molecule has 1 amide bonds. The van der Waals surface area contributed by atoms with Gasteiger partial charge in [-0.05, 0) is 48.5 Å². The van der Waals surface area contributed by atoms with Gasteiger partial charge in [-0.25, -0.2) is 13.4 Å². The zero-order chi connectivity index (χ0) is 21.7. The summed E-state index contributed by atoms with van der Waals surface area (Å²) >= 11 is 0. The van der Waals surface area contributed by atoms with Gasteiger partial charge < -0.3 is 15.0 Å². The van der Waals surface area contributed by atoms with Crippen molar-refractivity contribution in [3.05, 3.63) is 72.7 Å². The molecule has 1 aliphatic rings. The van der Waals surface area contributed by atoms with Crippen molar-refractivity contribution in [2.24, 2.45) is 0 Å². The van der Waals surface area contributed by atoms with Gasteiger partial charge in [0.05, 0.1) is 35.7 Å². The fourth-order valence-electron chi connectivity index (χ4n) is 3.08. The van der Waals surface area contributed by atoms with Gasteiger partial charge in [-0.15, -0.1) is 0 Å². The average molecular weight is 439 g/mol. The predicted octanol–water partition coefficient (Wildman–Crippen LogP) is 2.37. The van der Waals surface area contributed by atoms with Gasteiger partial charge in [-0.1, -0.05) is 0 Å². The summed E-state index contributed by atoms with van der Waals surface area (Å²) < 4.78 is 32.8. The van der Waals surface area contributed by atoms with Crippen LogP contribution in [-0.4, -0.2) is 50.6 Å². The fourth-order valence-corrected chi connectivity index (χ4v) is 4.14. The van der Waals surface area contributed by atoms with E-state index >= 15 is 0 Å². The summed E-state index contributed by atoms with van der Waals surface area (Å²) in [6.45, 7) is 2.97. The lowest BCUT2D eigenvalue weighted by Gasteiger charge is -2.28. The number of amides is 1. The summed E-state index contributed by atoms with van der Waals surface area (Å²) in [7, 11) is -3.77. The molecule has 0 unspecified atom stereocenters. The number of rotatable bonds is 6. The maximum Gasteiger partial charge on any atom is 0.261 e. The number of carbonyl (C=O) groups is 1. The minimum atomic E-state index is -3.77. The molecule has 0 saturated carbocycles. The number of benzene rings is 1. The largest absolute Gasteiger partial charge is 0.378 e. The number of morpholine rings is 1. The number of ether oxygens (including phenoxy) is 1. The lowest BCUT2D eigenvalue weighted by atomic mass is 10.2. The van der Waals surface area contributed by atoms with E-state index < -0.39 is 10.0 Å². The van der Waals surface area contributed by atoms with Crippen LogP contribution in [0.2, 0.25) is 0 Å². The van der Waals surface area contributed by atoms with Crippen molar-refractivity contribution in [3.63, 3.8) is 0 Å². The van der Waals surface area contributed by atoms with Crippen LogP contribution in [0.1, 0.15) is 10.4 Å². The maximum atomic E-state index is 12.5. The summed E-state index contributed by atoms with van der Waals surface area (Å²) in [4.78, 5) is 22.9. The van der Waals surface area contributed by atoms with Crippen molar-refractivity contribution < 1.29 is 17.9 Å². The second-order valence-corrected chi connectivity index (χ2v) is 8.50. The summed E-state index contributed by atoms with van der Waals surface area (Å²) in [6.07, 6.45) is 4.70. The molecular weight excluding hydrogens is 418 g/mol. The van der Waals surface area contributed by atoms with Crippen LogP contribution in [0.5, 0.6) is 0 Å². The highest BCUT2D eigenvalue weighted by Gasteiger charge is 2.16. The van der Waals surface area contributed by atoms with Crippen LogP contribution in [0, 0.1) is 0 Å². The predicted molar refractivity (Wildman–Crippen MR) is 117 cm³/mol. The molecule has 1 fully saturated rings. The summed E-state index contributed by atoms with van der Waals surface area (Å²) in [5.74, 6) is 0.0377. The zero-order valence-electron chi connectivity index (χ0n) is 16.6. The highest BCUT2D eigenvalue weighted by atomic mass is 32.2. The van der Waals surface area contributed by atoms with Crippen LogP contribution in [0.15, 0.2) is 72.0 Å². The molecule has 10 heteroatoms. The molecule has 2 aromatic heterocycles. The first kappa shape index (κ1) is 20.8. The van der Waals surface area contributed by atoms with Crippen LogP contribution < -0.4 is 14.9 Å². The topological polar surface area (TPSA) is 114 Å². The Morgan fingerprint density at radius 3 is 2.32 bits per heavy atom. The molecule has 1 saturated heterocycles. The lowest BCUT2D eigenvalue weighted by Crippen LogP contribution is -2.36. The fraction of sp³-hybridized carbons (Fsp3) is 0.190. The Morgan fingerprint density at radius 2 is 1.68 bits per heavy atom. The van der Waals surface area contributed by atoms with Crippen molar-refractivity contribution in [2.45, 2.75) is 4.90 Å². The molecule has 0 bridgehead atoms. The van der Waals surface area contributed by atoms with E-state index in [0.717, 1.165) is 18.8 Å². The minimum absolute atomic E-state index is 0.0499. The maximum absolute atomic E-state index is 12.5. The number of carbonyl (C=O) groups excluding carboxylic acids is 1. The van der Waals surface area contributed by atoms with Gasteiger partial charge in [0.1, 0.15) is 5.82 Å². The smallest absolute Gasteiger partial charge is 0.261 e. The van der Waals surface area contributed by atoms with Gasteiger partial charge in [-0.2, -0.15) is 0 Å². The van der Waals surface area contributed by atoms with E-state index in [9.17, 15) is 13.2 Å². The first-order chi connectivity index (χ1) is 15.0. The van der Waals surface area contributed by atoms with E-state index in [1.807, 2.05) is 6.07 Å². The Balaban J connectivity index is 1.40. The molecule has 1 aliphatic heterocycles. The van der Waals surface area contributed by atoms with Gasteiger partial charge in [0.2, 0.25) is 0 Å². The molecule has 0 radical (unpaired) electrons. The van der Waals surface area contributed by atoms with E-state index in [2.05, 4.69) is 24.9 Å². The molecule has 0 aliphatic carbocycles. The van der Waals surface area contributed by atoms with Crippen LogP contribution >= 0.6 is 0 Å². The number of hydrogen-bond acceptors (Lipinski definition) is 7. The second kappa shape index (κ2) is 9.11. The number of hydrogen-bond donors (Lipinski definition) is 2. The van der Waals surface area contributed by atoms with Crippen LogP contribution in [-0.2, 0) is 14.8 Å². The third-order valence-electron chi connectivity index (χ3n) is 4.73. The van der Waals surface area contributed by atoms with Gasteiger partial charge in [0, 0.05) is 31.0 Å². The Hall–Kier alpha value is -3.50. The van der Waals surface area contributed by atoms with Crippen LogP contribution in [0.25, 0.3) is 0 Å². The number of nitrogens with one attached hydrogen (secondary N) is 2. The average Bonchev–Trinajstić information content (AvgIpc) is 2.80. The van der Waals surface area contributed by atoms with E-state index in [1.54, 1.807) is 24.4 Å². The van der Waals surface area contributed by atoms with Gasteiger partial charge in [-0.3, -0.25) is 14.5 Å². The Kier molecular flexibility index (Phi) is 6.10. The molecule has 0 spiro atoms. The summed E-state index contributed by atoms with van der Waals surface area (Å²) in [5, 5.41) is 2.72. The Morgan fingerprint density at radius 1 is 0.968 bits per heavy atom. The van der Waals surface area contributed by atoms with E-state index in [4.69, 9.17) is 4.74 Å². The molecule has 3 heterocycles. The molecule has 3 aromatic rings. The molecule has 2 N–H and O–H groups in total. The number of nitrogens with zero attached hydrogens (tertiary/aromatic N) is 3. The van der Waals surface area contributed by atoms with Crippen LogP contribution in [0.4, 0.5) is 17.2 Å². The summed E-state index contributed by atoms with van der Waals surface area (Å²) in [6, 6.07) is 12.4. The number of aromatic nitrogens is 2. The Bertz CT molecular complexity index is 1130. The highest BCUT2D eigenvalue weighted by Crippen LogP contribution is 2.18. The molecule has 160 valence electrons. The third-order valence-corrected chi connectivity index (χ3v) is 6.12. The van der Waals surface area contributed by atoms with Crippen molar-refractivity contribution in [1.29, 1.82) is 0 Å². The number of sulfonamides is 1. The standard InChI is InChI=1S/C21H21N5O4S/c27-21(24-20-6-3-18(15-23-20)26-11-13-30-14-12-26)16-1-4-19(5-2-16)31(28,29)25-17-7-9-22-10-8-17/h1-10,15H,11-14H2,(H,22,25)(H,23,24,27). The second-order valence-electron chi connectivity index (χ2n) is 6.82. The molecule has 0 atom stereocenters. The molecule has 1 aromatic carbocycles. The SMILES string of the molecule is O=C(Nc1ccc(N2CCOCC2)cn1)c1ccc(S(=O)(=O)Nc2ccncc2)cc1. The van der Waals surface area contributed by atoms with Crippen molar-refractivity contribution in [1.82, 2.24) is 9.97 Å². The minimum Gasteiger partial charge on any atom is -0.378 e. The van der Waals surface area contributed by atoms with E-state index in [-0.39, 0.29) is 10.8 Å². The first-order valence-corrected chi connectivity index (χ1v) is 11.1. The monoisotopic (exact) mass is 439 g/mol. The van der Waals surface area contributed by atoms with E-state index in [0.29, 0.717) is 30.3 Å². The van der Waals surface area contributed by atoms with Crippen molar-refractivity contribution in [2.75, 3.05) is 41.2 Å². The van der Waals surface area contributed by atoms with Crippen molar-refractivity contribution in [3.8, 4) is 0 Å². The molecule has 9 nitrogen and oxygen atoms in total. The zero-order valence-corrected chi connectivity index (χ0v) is 17.4. The third kappa shape index (κ3) is 5.16. The molecule has 31 heavy (non-hydrogen) atoms. The van der Waals surface area contributed by atoms with Gasteiger partial charge in [0.25, 0.3) is 15.9 Å². The van der Waals surface area contributed by atoms with E-state index in [1.165, 1.54) is 36.7 Å². The van der Waals surface area contributed by atoms with Crippen LogP contribution in [0.3, 0.4) is 0 Å². The number of anilines is 3. The van der Waals surface area contributed by atoms with Gasteiger partial charge in [0.15, 0.2) is 0 Å². The summed E-state index contributed by atoms with van der Waals surface area (Å²) in [5.41, 5.74) is 1.70. The normalized spacial score (nSPS) is 14.1.